The molecule has 0 spiro atoms. The summed E-state index contributed by atoms with van der Waals surface area (Å²) in [6, 6.07) is 1.95. The van der Waals surface area contributed by atoms with Gasteiger partial charge in [0.1, 0.15) is 6.54 Å². The number of fused-ring (bicyclic) bond motifs is 1. The SMILES string of the molecule is N#CCn1nc2c(N3CCCCCC3)nccn2c1=O. The third-order valence-electron chi connectivity index (χ3n) is 3.61. The van der Waals surface area contributed by atoms with Crippen LogP contribution in [0.4, 0.5) is 5.82 Å². The molecule has 0 aromatic carbocycles. The van der Waals surface area contributed by atoms with Crippen LogP contribution in [0.1, 0.15) is 25.7 Å². The zero-order valence-electron chi connectivity index (χ0n) is 11.2. The number of anilines is 1. The van der Waals surface area contributed by atoms with Gasteiger partial charge in [0.25, 0.3) is 0 Å². The minimum Gasteiger partial charge on any atom is -0.353 e. The first-order valence-corrected chi connectivity index (χ1v) is 6.87. The second-order valence-electron chi connectivity index (χ2n) is 4.94. The third kappa shape index (κ3) is 2.13. The largest absolute Gasteiger partial charge is 0.353 e. The van der Waals surface area contributed by atoms with Crippen LogP contribution in [0.15, 0.2) is 17.2 Å². The van der Waals surface area contributed by atoms with Crippen LogP contribution in [0.2, 0.25) is 0 Å². The average Bonchev–Trinajstić information content (AvgIpc) is 2.68. The van der Waals surface area contributed by atoms with Crippen LogP contribution >= 0.6 is 0 Å². The van der Waals surface area contributed by atoms with Crippen molar-refractivity contribution < 1.29 is 0 Å². The van der Waals surface area contributed by atoms with Crippen LogP contribution < -0.4 is 10.6 Å². The molecule has 1 fully saturated rings. The highest BCUT2D eigenvalue weighted by Gasteiger charge is 2.17. The molecule has 0 N–H and O–H groups in total. The quantitative estimate of drug-likeness (QED) is 0.807. The van der Waals surface area contributed by atoms with Gasteiger partial charge >= 0.3 is 5.69 Å². The van der Waals surface area contributed by atoms with Crippen molar-refractivity contribution in [1.82, 2.24) is 19.2 Å². The van der Waals surface area contributed by atoms with Crippen molar-refractivity contribution in [2.24, 2.45) is 0 Å². The van der Waals surface area contributed by atoms with Gasteiger partial charge in [0, 0.05) is 25.5 Å². The standard InChI is InChI=1S/C13H16N6O/c14-5-9-19-13(20)18-10-6-15-11(12(18)16-19)17-7-3-1-2-4-8-17/h6,10H,1-4,7-9H2. The third-order valence-corrected chi connectivity index (χ3v) is 3.61. The highest BCUT2D eigenvalue weighted by atomic mass is 16.2. The van der Waals surface area contributed by atoms with E-state index in [4.69, 9.17) is 5.26 Å². The molecule has 0 saturated carbocycles. The summed E-state index contributed by atoms with van der Waals surface area (Å²) in [6.07, 6.45) is 7.94. The van der Waals surface area contributed by atoms with Gasteiger partial charge in [-0.05, 0) is 12.8 Å². The zero-order chi connectivity index (χ0) is 13.9. The monoisotopic (exact) mass is 272 g/mol. The molecule has 7 heteroatoms. The maximum Gasteiger partial charge on any atom is 0.351 e. The molecule has 2 aromatic heterocycles. The summed E-state index contributed by atoms with van der Waals surface area (Å²) in [5, 5.41) is 13.0. The molecule has 1 aliphatic heterocycles. The van der Waals surface area contributed by atoms with Gasteiger partial charge in [0.2, 0.25) is 5.65 Å². The Morgan fingerprint density at radius 2 is 2.00 bits per heavy atom. The summed E-state index contributed by atoms with van der Waals surface area (Å²) in [5.74, 6) is 0.739. The molecule has 0 radical (unpaired) electrons. The topological polar surface area (TPSA) is 79.2 Å². The molecule has 3 heterocycles. The smallest absolute Gasteiger partial charge is 0.351 e. The van der Waals surface area contributed by atoms with Gasteiger partial charge < -0.3 is 4.90 Å². The predicted molar refractivity (Wildman–Crippen MR) is 73.5 cm³/mol. The number of nitrogens with zero attached hydrogens (tertiary/aromatic N) is 6. The van der Waals surface area contributed by atoms with Gasteiger partial charge in [0.05, 0.1) is 6.07 Å². The minimum atomic E-state index is -0.292. The fourth-order valence-electron chi connectivity index (χ4n) is 2.61. The normalized spacial score (nSPS) is 16.1. The van der Waals surface area contributed by atoms with E-state index in [1.807, 2.05) is 6.07 Å². The molecular weight excluding hydrogens is 256 g/mol. The van der Waals surface area contributed by atoms with E-state index in [1.54, 1.807) is 12.4 Å². The maximum atomic E-state index is 12.1. The lowest BCUT2D eigenvalue weighted by molar-refractivity contribution is 0.679. The van der Waals surface area contributed by atoms with Crippen LogP contribution in [0.5, 0.6) is 0 Å². The van der Waals surface area contributed by atoms with Gasteiger partial charge in [-0.3, -0.25) is 0 Å². The van der Waals surface area contributed by atoms with E-state index in [-0.39, 0.29) is 12.2 Å². The van der Waals surface area contributed by atoms with Gasteiger partial charge in [0.15, 0.2) is 5.82 Å². The Morgan fingerprint density at radius 1 is 1.25 bits per heavy atom. The summed E-state index contributed by atoms with van der Waals surface area (Å²) in [4.78, 5) is 18.7. The van der Waals surface area contributed by atoms with Gasteiger partial charge in [-0.25, -0.2) is 14.2 Å². The number of aromatic nitrogens is 4. The summed E-state index contributed by atoms with van der Waals surface area (Å²) >= 11 is 0. The van der Waals surface area contributed by atoms with E-state index in [0.717, 1.165) is 31.7 Å². The van der Waals surface area contributed by atoms with Gasteiger partial charge in [-0.1, -0.05) is 12.8 Å². The van der Waals surface area contributed by atoms with Crippen LogP contribution in [0.3, 0.4) is 0 Å². The number of rotatable bonds is 2. The molecule has 104 valence electrons. The second-order valence-corrected chi connectivity index (χ2v) is 4.94. The Labute approximate surface area is 116 Å². The molecule has 7 nitrogen and oxygen atoms in total. The number of hydrogen-bond acceptors (Lipinski definition) is 5. The van der Waals surface area contributed by atoms with E-state index < -0.39 is 0 Å². The predicted octanol–water partition coefficient (Wildman–Crippen LogP) is 0.795. The number of hydrogen-bond donors (Lipinski definition) is 0. The summed E-state index contributed by atoms with van der Waals surface area (Å²) in [5.41, 5.74) is 0.245. The van der Waals surface area contributed by atoms with Crippen molar-refractivity contribution in [1.29, 1.82) is 5.26 Å². The summed E-state index contributed by atoms with van der Waals surface area (Å²) in [7, 11) is 0. The lowest BCUT2D eigenvalue weighted by Gasteiger charge is -2.20. The molecular formula is C13H16N6O. The maximum absolute atomic E-state index is 12.1. The highest BCUT2D eigenvalue weighted by molar-refractivity contribution is 5.63. The lowest BCUT2D eigenvalue weighted by Crippen LogP contribution is -2.26. The van der Waals surface area contributed by atoms with E-state index in [9.17, 15) is 4.79 Å². The fourth-order valence-corrected chi connectivity index (χ4v) is 2.61. The lowest BCUT2D eigenvalue weighted by atomic mass is 10.2. The van der Waals surface area contributed by atoms with Crippen molar-refractivity contribution in [3.05, 3.63) is 22.9 Å². The first kappa shape index (κ1) is 12.7. The Morgan fingerprint density at radius 3 is 2.70 bits per heavy atom. The fraction of sp³-hybridized carbons (Fsp3) is 0.538. The van der Waals surface area contributed by atoms with E-state index >= 15 is 0 Å². The molecule has 2 aromatic rings. The average molecular weight is 272 g/mol. The molecule has 0 atom stereocenters. The minimum absolute atomic E-state index is 0.0417. The molecule has 0 aliphatic carbocycles. The molecule has 0 amide bonds. The molecule has 3 rings (SSSR count). The van der Waals surface area contributed by atoms with E-state index in [1.165, 1.54) is 21.9 Å². The van der Waals surface area contributed by atoms with E-state index in [2.05, 4.69) is 15.0 Å². The van der Waals surface area contributed by atoms with Crippen LogP contribution in [0, 0.1) is 11.3 Å². The molecule has 20 heavy (non-hydrogen) atoms. The summed E-state index contributed by atoms with van der Waals surface area (Å²) < 4.78 is 2.64. The molecule has 0 bridgehead atoms. The van der Waals surface area contributed by atoms with Crippen LogP contribution in [-0.2, 0) is 6.54 Å². The van der Waals surface area contributed by atoms with Gasteiger partial charge in [-0.15, -0.1) is 5.10 Å². The zero-order valence-corrected chi connectivity index (χ0v) is 11.2. The Bertz CT molecular complexity index is 702. The van der Waals surface area contributed by atoms with Crippen molar-refractivity contribution in [2.75, 3.05) is 18.0 Å². The number of nitriles is 1. The van der Waals surface area contributed by atoms with Gasteiger partial charge in [-0.2, -0.15) is 9.94 Å². The first-order chi connectivity index (χ1) is 9.81. The first-order valence-electron chi connectivity index (χ1n) is 6.87. The van der Waals surface area contributed by atoms with Crippen LogP contribution in [0.25, 0.3) is 5.65 Å². The highest BCUT2D eigenvalue weighted by Crippen LogP contribution is 2.20. The van der Waals surface area contributed by atoms with Crippen molar-refractivity contribution in [3.63, 3.8) is 0 Å². The van der Waals surface area contributed by atoms with E-state index in [0.29, 0.717) is 5.65 Å². The van der Waals surface area contributed by atoms with Crippen molar-refractivity contribution >= 4 is 11.5 Å². The Balaban J connectivity index is 2.09. The second kappa shape index (κ2) is 5.33. The van der Waals surface area contributed by atoms with Crippen molar-refractivity contribution in [2.45, 2.75) is 32.2 Å². The van der Waals surface area contributed by atoms with Crippen molar-refractivity contribution in [3.8, 4) is 6.07 Å². The summed E-state index contributed by atoms with van der Waals surface area (Å²) in [6.45, 7) is 1.83. The molecule has 1 saturated heterocycles. The van der Waals surface area contributed by atoms with Crippen LogP contribution in [-0.4, -0.2) is 32.3 Å². The Kier molecular flexibility index (Phi) is 3.37. The molecule has 1 aliphatic rings. The molecule has 0 unspecified atom stereocenters. The Hall–Kier alpha value is -2.36.